The molecule has 84 valence electrons. The van der Waals surface area contributed by atoms with E-state index in [1.165, 1.54) is 12.1 Å². The summed E-state index contributed by atoms with van der Waals surface area (Å²) in [5, 5.41) is 5.49. The third-order valence-corrected chi connectivity index (χ3v) is 2.86. The molecular weight excluding hydrogens is 215 g/mol. The molecule has 0 aliphatic carbocycles. The SMILES string of the molecule is Cn1nc(-c2cccc(F)c2)c2ccccc21. The largest absolute Gasteiger partial charge is 0.267 e. The van der Waals surface area contributed by atoms with Gasteiger partial charge in [-0.05, 0) is 18.2 Å². The highest BCUT2D eigenvalue weighted by Crippen LogP contribution is 2.27. The van der Waals surface area contributed by atoms with E-state index in [1.54, 1.807) is 6.07 Å². The predicted octanol–water partition coefficient (Wildman–Crippen LogP) is 3.38. The lowest BCUT2D eigenvalue weighted by Gasteiger charge is -1.97. The second-order valence-electron chi connectivity index (χ2n) is 4.00. The molecule has 0 aliphatic heterocycles. The first-order chi connectivity index (χ1) is 8.25. The minimum absolute atomic E-state index is 0.239. The van der Waals surface area contributed by atoms with Crippen LogP contribution >= 0.6 is 0 Å². The first-order valence-corrected chi connectivity index (χ1v) is 5.43. The van der Waals surface area contributed by atoms with Crippen LogP contribution in [0, 0.1) is 5.82 Å². The van der Waals surface area contributed by atoms with Crippen LogP contribution in [0.25, 0.3) is 22.2 Å². The summed E-state index contributed by atoms with van der Waals surface area (Å²) in [6.07, 6.45) is 0. The zero-order valence-corrected chi connectivity index (χ0v) is 9.39. The molecule has 17 heavy (non-hydrogen) atoms. The standard InChI is InChI=1S/C14H11FN2/c1-17-13-8-3-2-7-12(13)14(16-17)10-5-4-6-11(15)9-10/h2-9H,1H3. The van der Waals surface area contributed by atoms with Crippen molar-refractivity contribution in [3.8, 4) is 11.3 Å². The van der Waals surface area contributed by atoms with Gasteiger partial charge in [-0.15, -0.1) is 0 Å². The van der Waals surface area contributed by atoms with Crippen LogP contribution in [0.15, 0.2) is 48.5 Å². The maximum Gasteiger partial charge on any atom is 0.123 e. The topological polar surface area (TPSA) is 17.8 Å². The molecule has 0 saturated heterocycles. The van der Waals surface area contributed by atoms with Gasteiger partial charge in [0.15, 0.2) is 0 Å². The van der Waals surface area contributed by atoms with Crippen LogP contribution < -0.4 is 0 Å². The van der Waals surface area contributed by atoms with E-state index in [9.17, 15) is 4.39 Å². The summed E-state index contributed by atoms with van der Waals surface area (Å²) < 4.78 is 15.0. The van der Waals surface area contributed by atoms with Gasteiger partial charge in [-0.3, -0.25) is 4.68 Å². The summed E-state index contributed by atoms with van der Waals surface area (Å²) in [6, 6.07) is 14.5. The highest BCUT2D eigenvalue weighted by Gasteiger charge is 2.09. The van der Waals surface area contributed by atoms with E-state index in [0.717, 1.165) is 22.2 Å². The molecule has 3 rings (SSSR count). The molecule has 0 bridgehead atoms. The Labute approximate surface area is 98.3 Å². The number of para-hydroxylation sites is 1. The van der Waals surface area contributed by atoms with Crippen LogP contribution in [0.2, 0.25) is 0 Å². The summed E-state index contributed by atoms with van der Waals surface area (Å²) in [6.45, 7) is 0. The summed E-state index contributed by atoms with van der Waals surface area (Å²) in [5.41, 5.74) is 2.68. The van der Waals surface area contributed by atoms with E-state index in [4.69, 9.17) is 0 Å². The highest BCUT2D eigenvalue weighted by molar-refractivity contribution is 5.93. The maximum atomic E-state index is 13.2. The summed E-state index contributed by atoms with van der Waals surface area (Å²) >= 11 is 0. The van der Waals surface area contributed by atoms with Gasteiger partial charge in [-0.2, -0.15) is 5.10 Å². The number of rotatable bonds is 1. The number of nitrogens with zero attached hydrogens (tertiary/aromatic N) is 2. The number of aromatic nitrogens is 2. The molecule has 0 unspecified atom stereocenters. The van der Waals surface area contributed by atoms with Gasteiger partial charge in [0, 0.05) is 18.0 Å². The fraction of sp³-hybridized carbons (Fsp3) is 0.0714. The minimum atomic E-state index is -0.239. The van der Waals surface area contributed by atoms with Crippen LogP contribution in [0.1, 0.15) is 0 Å². The molecule has 3 heteroatoms. The van der Waals surface area contributed by atoms with Gasteiger partial charge in [0.25, 0.3) is 0 Å². The Morgan fingerprint density at radius 2 is 1.88 bits per heavy atom. The number of hydrogen-bond acceptors (Lipinski definition) is 1. The van der Waals surface area contributed by atoms with Crippen molar-refractivity contribution in [2.45, 2.75) is 0 Å². The van der Waals surface area contributed by atoms with E-state index in [-0.39, 0.29) is 5.82 Å². The van der Waals surface area contributed by atoms with Gasteiger partial charge >= 0.3 is 0 Å². The van der Waals surface area contributed by atoms with Crippen molar-refractivity contribution >= 4 is 10.9 Å². The van der Waals surface area contributed by atoms with Crippen LogP contribution in [0.4, 0.5) is 4.39 Å². The van der Waals surface area contributed by atoms with E-state index in [0.29, 0.717) is 0 Å². The predicted molar refractivity (Wildman–Crippen MR) is 66.1 cm³/mol. The lowest BCUT2D eigenvalue weighted by molar-refractivity contribution is 0.628. The molecular formula is C14H11FN2. The smallest absolute Gasteiger partial charge is 0.123 e. The van der Waals surface area contributed by atoms with E-state index < -0.39 is 0 Å². The molecule has 0 saturated carbocycles. The van der Waals surface area contributed by atoms with Crippen molar-refractivity contribution in [1.82, 2.24) is 9.78 Å². The van der Waals surface area contributed by atoms with Gasteiger partial charge in [0.1, 0.15) is 11.5 Å². The zero-order chi connectivity index (χ0) is 11.8. The van der Waals surface area contributed by atoms with Crippen molar-refractivity contribution in [2.75, 3.05) is 0 Å². The molecule has 1 aromatic heterocycles. The number of benzene rings is 2. The fourth-order valence-corrected chi connectivity index (χ4v) is 2.06. The van der Waals surface area contributed by atoms with Crippen molar-refractivity contribution < 1.29 is 4.39 Å². The molecule has 1 heterocycles. The average Bonchev–Trinajstić information content (AvgIpc) is 2.68. The maximum absolute atomic E-state index is 13.2. The van der Waals surface area contributed by atoms with Crippen LogP contribution in [-0.2, 0) is 7.05 Å². The Kier molecular flexibility index (Phi) is 2.18. The first kappa shape index (κ1) is 10.0. The Balaban J connectivity index is 2.31. The molecule has 0 fully saturated rings. The Morgan fingerprint density at radius 1 is 1.06 bits per heavy atom. The molecule has 2 aromatic carbocycles. The van der Waals surface area contributed by atoms with E-state index in [2.05, 4.69) is 5.10 Å². The lowest BCUT2D eigenvalue weighted by Crippen LogP contribution is -1.89. The van der Waals surface area contributed by atoms with E-state index in [1.807, 2.05) is 42.1 Å². The highest BCUT2D eigenvalue weighted by atomic mass is 19.1. The van der Waals surface area contributed by atoms with Gasteiger partial charge in [0.2, 0.25) is 0 Å². The average molecular weight is 226 g/mol. The summed E-state index contributed by atoms with van der Waals surface area (Å²) in [7, 11) is 1.89. The molecule has 0 radical (unpaired) electrons. The Bertz CT molecular complexity index is 686. The van der Waals surface area contributed by atoms with Crippen LogP contribution in [-0.4, -0.2) is 9.78 Å². The van der Waals surface area contributed by atoms with Gasteiger partial charge in [0.05, 0.1) is 5.52 Å². The lowest BCUT2D eigenvalue weighted by atomic mass is 10.1. The normalized spacial score (nSPS) is 10.9. The monoisotopic (exact) mass is 226 g/mol. The quantitative estimate of drug-likeness (QED) is 0.622. The van der Waals surface area contributed by atoms with Crippen molar-refractivity contribution in [2.24, 2.45) is 7.05 Å². The van der Waals surface area contributed by atoms with Gasteiger partial charge in [-0.1, -0.05) is 30.3 Å². The Hall–Kier alpha value is -2.16. The second kappa shape index (κ2) is 3.70. The number of halogens is 1. The number of fused-ring (bicyclic) bond motifs is 1. The number of aryl methyl sites for hydroxylation is 1. The number of hydrogen-bond donors (Lipinski definition) is 0. The molecule has 3 aromatic rings. The van der Waals surface area contributed by atoms with Crippen molar-refractivity contribution in [1.29, 1.82) is 0 Å². The third kappa shape index (κ3) is 1.60. The summed E-state index contributed by atoms with van der Waals surface area (Å²) in [5.74, 6) is -0.239. The molecule has 0 amide bonds. The zero-order valence-electron chi connectivity index (χ0n) is 9.39. The fourth-order valence-electron chi connectivity index (χ4n) is 2.06. The van der Waals surface area contributed by atoms with Crippen LogP contribution in [0.3, 0.4) is 0 Å². The van der Waals surface area contributed by atoms with Crippen LogP contribution in [0.5, 0.6) is 0 Å². The van der Waals surface area contributed by atoms with Gasteiger partial charge in [-0.25, -0.2) is 4.39 Å². The third-order valence-electron chi connectivity index (χ3n) is 2.86. The molecule has 0 atom stereocenters. The van der Waals surface area contributed by atoms with Crippen molar-refractivity contribution in [3.05, 3.63) is 54.3 Å². The van der Waals surface area contributed by atoms with E-state index >= 15 is 0 Å². The molecule has 0 N–H and O–H groups in total. The summed E-state index contributed by atoms with van der Waals surface area (Å²) in [4.78, 5) is 0. The molecule has 2 nitrogen and oxygen atoms in total. The first-order valence-electron chi connectivity index (χ1n) is 5.43. The molecule has 0 aliphatic rings. The Morgan fingerprint density at radius 3 is 2.71 bits per heavy atom. The minimum Gasteiger partial charge on any atom is -0.267 e. The van der Waals surface area contributed by atoms with Gasteiger partial charge < -0.3 is 0 Å². The molecule has 0 spiro atoms. The second-order valence-corrected chi connectivity index (χ2v) is 4.00. The van der Waals surface area contributed by atoms with Crippen molar-refractivity contribution in [3.63, 3.8) is 0 Å².